The molecule has 98 valence electrons. The van der Waals surface area contributed by atoms with E-state index in [4.69, 9.17) is 0 Å². The SMILES string of the molecule is CCNC(=O)CCNC(=O)c1ccnc(F)c1F. The summed E-state index contributed by atoms with van der Waals surface area (Å²) in [6.07, 6.45) is 1.08. The molecule has 0 aromatic carbocycles. The van der Waals surface area contributed by atoms with Gasteiger partial charge in [0.2, 0.25) is 11.9 Å². The van der Waals surface area contributed by atoms with Crippen LogP contribution in [0.2, 0.25) is 0 Å². The number of pyridine rings is 1. The first-order valence-electron chi connectivity index (χ1n) is 5.41. The van der Waals surface area contributed by atoms with Gasteiger partial charge in [0.25, 0.3) is 5.91 Å². The Balaban J connectivity index is 2.51. The van der Waals surface area contributed by atoms with Crippen molar-refractivity contribution >= 4 is 11.8 Å². The molecule has 0 unspecified atom stereocenters. The van der Waals surface area contributed by atoms with Crippen LogP contribution in [0.3, 0.4) is 0 Å². The summed E-state index contributed by atoms with van der Waals surface area (Å²) in [5, 5.41) is 4.87. The number of carbonyl (C=O) groups excluding carboxylic acids is 2. The zero-order valence-electron chi connectivity index (χ0n) is 9.80. The topological polar surface area (TPSA) is 71.1 Å². The number of nitrogens with one attached hydrogen (secondary N) is 2. The highest BCUT2D eigenvalue weighted by Gasteiger charge is 2.15. The Hall–Kier alpha value is -2.05. The van der Waals surface area contributed by atoms with Gasteiger partial charge in [-0.1, -0.05) is 0 Å². The number of hydrogen-bond donors (Lipinski definition) is 2. The van der Waals surface area contributed by atoms with Gasteiger partial charge in [-0.3, -0.25) is 9.59 Å². The van der Waals surface area contributed by atoms with Crippen LogP contribution in [0.5, 0.6) is 0 Å². The summed E-state index contributed by atoms with van der Waals surface area (Å²) in [5.74, 6) is -3.63. The maximum absolute atomic E-state index is 13.2. The van der Waals surface area contributed by atoms with Gasteiger partial charge in [-0.25, -0.2) is 9.37 Å². The standard InChI is InChI=1S/C11H13F2N3O2/c1-2-14-8(17)4-6-16-11(18)7-3-5-15-10(13)9(7)12/h3,5H,2,4,6H2,1H3,(H,14,17)(H,16,18). The zero-order chi connectivity index (χ0) is 13.5. The van der Waals surface area contributed by atoms with E-state index in [1.165, 1.54) is 0 Å². The van der Waals surface area contributed by atoms with E-state index < -0.39 is 23.2 Å². The highest BCUT2D eigenvalue weighted by atomic mass is 19.2. The third-order valence-electron chi connectivity index (χ3n) is 2.10. The molecule has 2 N–H and O–H groups in total. The molecule has 0 fully saturated rings. The second kappa shape index (κ2) is 6.63. The Morgan fingerprint density at radius 3 is 2.72 bits per heavy atom. The summed E-state index contributed by atoms with van der Waals surface area (Å²) in [5.41, 5.74) is -0.432. The number of carbonyl (C=O) groups is 2. The molecule has 1 aromatic heterocycles. The molecule has 1 rings (SSSR count). The first-order valence-corrected chi connectivity index (χ1v) is 5.41. The highest BCUT2D eigenvalue weighted by Crippen LogP contribution is 2.08. The monoisotopic (exact) mass is 257 g/mol. The third kappa shape index (κ3) is 3.76. The molecule has 0 aliphatic heterocycles. The molecule has 0 atom stereocenters. The Morgan fingerprint density at radius 1 is 1.33 bits per heavy atom. The minimum atomic E-state index is -1.33. The van der Waals surface area contributed by atoms with Crippen LogP contribution in [0, 0.1) is 11.8 Å². The van der Waals surface area contributed by atoms with Crippen molar-refractivity contribution in [3.05, 3.63) is 29.6 Å². The lowest BCUT2D eigenvalue weighted by atomic mass is 10.2. The van der Waals surface area contributed by atoms with Gasteiger partial charge in [0.15, 0.2) is 5.82 Å². The van der Waals surface area contributed by atoms with Crippen molar-refractivity contribution in [3.8, 4) is 0 Å². The van der Waals surface area contributed by atoms with Crippen molar-refractivity contribution in [1.82, 2.24) is 15.6 Å². The number of amides is 2. The van der Waals surface area contributed by atoms with E-state index in [0.29, 0.717) is 6.54 Å². The smallest absolute Gasteiger partial charge is 0.254 e. The Morgan fingerprint density at radius 2 is 2.06 bits per heavy atom. The lowest BCUT2D eigenvalue weighted by molar-refractivity contribution is -0.120. The summed E-state index contributed by atoms with van der Waals surface area (Å²) < 4.78 is 25.9. The van der Waals surface area contributed by atoms with Crippen LogP contribution in [0.25, 0.3) is 0 Å². The van der Waals surface area contributed by atoms with Gasteiger partial charge in [0.05, 0.1) is 5.56 Å². The number of rotatable bonds is 5. The van der Waals surface area contributed by atoms with E-state index >= 15 is 0 Å². The Bertz CT molecular complexity index is 452. The van der Waals surface area contributed by atoms with Crippen LogP contribution in [0.4, 0.5) is 8.78 Å². The van der Waals surface area contributed by atoms with Gasteiger partial charge in [0.1, 0.15) is 0 Å². The molecule has 0 bridgehead atoms. The van der Waals surface area contributed by atoms with Gasteiger partial charge in [-0.05, 0) is 13.0 Å². The Kier molecular flexibility index (Phi) is 5.16. The van der Waals surface area contributed by atoms with Crippen LogP contribution in [0.1, 0.15) is 23.7 Å². The van der Waals surface area contributed by atoms with Crippen molar-refractivity contribution in [2.75, 3.05) is 13.1 Å². The van der Waals surface area contributed by atoms with E-state index in [1.807, 2.05) is 0 Å². The summed E-state index contributed by atoms with van der Waals surface area (Å²) in [4.78, 5) is 25.6. The molecule has 0 saturated carbocycles. The average Bonchev–Trinajstić information content (AvgIpc) is 2.33. The molecule has 18 heavy (non-hydrogen) atoms. The number of hydrogen-bond acceptors (Lipinski definition) is 3. The molecular formula is C11H13F2N3O2. The fourth-order valence-corrected chi connectivity index (χ4v) is 1.26. The summed E-state index contributed by atoms with van der Waals surface area (Å²) in [6.45, 7) is 2.32. The van der Waals surface area contributed by atoms with Crippen LogP contribution in [-0.4, -0.2) is 29.9 Å². The van der Waals surface area contributed by atoms with E-state index in [2.05, 4.69) is 15.6 Å². The van der Waals surface area contributed by atoms with Crippen molar-refractivity contribution < 1.29 is 18.4 Å². The van der Waals surface area contributed by atoms with Crippen LogP contribution in [0.15, 0.2) is 12.3 Å². The van der Waals surface area contributed by atoms with E-state index in [-0.39, 0.29) is 18.9 Å². The predicted octanol–water partition coefficient (Wildman–Crippen LogP) is 0.616. The average molecular weight is 257 g/mol. The highest BCUT2D eigenvalue weighted by molar-refractivity contribution is 5.94. The van der Waals surface area contributed by atoms with Crippen LogP contribution >= 0.6 is 0 Å². The van der Waals surface area contributed by atoms with E-state index in [1.54, 1.807) is 6.92 Å². The normalized spacial score (nSPS) is 9.94. The van der Waals surface area contributed by atoms with E-state index in [9.17, 15) is 18.4 Å². The first kappa shape index (κ1) is 14.0. The van der Waals surface area contributed by atoms with Crippen molar-refractivity contribution in [3.63, 3.8) is 0 Å². The molecule has 2 amide bonds. The molecule has 0 aliphatic rings. The van der Waals surface area contributed by atoms with Crippen molar-refractivity contribution in [2.45, 2.75) is 13.3 Å². The van der Waals surface area contributed by atoms with Gasteiger partial charge < -0.3 is 10.6 Å². The molecule has 0 spiro atoms. The van der Waals surface area contributed by atoms with Gasteiger partial charge >= 0.3 is 0 Å². The third-order valence-corrected chi connectivity index (χ3v) is 2.10. The molecule has 0 saturated heterocycles. The molecule has 1 aromatic rings. The molecule has 0 radical (unpaired) electrons. The second-order valence-corrected chi connectivity index (χ2v) is 3.42. The summed E-state index contributed by atoms with van der Waals surface area (Å²) in [6, 6.07) is 1.07. The van der Waals surface area contributed by atoms with E-state index in [0.717, 1.165) is 12.3 Å². The summed E-state index contributed by atoms with van der Waals surface area (Å²) >= 11 is 0. The van der Waals surface area contributed by atoms with Crippen molar-refractivity contribution in [2.24, 2.45) is 0 Å². The molecule has 5 nitrogen and oxygen atoms in total. The lowest BCUT2D eigenvalue weighted by Gasteiger charge is -2.06. The zero-order valence-corrected chi connectivity index (χ0v) is 9.80. The maximum atomic E-state index is 13.2. The minimum absolute atomic E-state index is 0.0497. The van der Waals surface area contributed by atoms with Gasteiger partial charge in [-0.15, -0.1) is 0 Å². The molecule has 7 heteroatoms. The van der Waals surface area contributed by atoms with Crippen molar-refractivity contribution in [1.29, 1.82) is 0 Å². The number of nitrogens with zero attached hydrogens (tertiary/aromatic N) is 1. The lowest BCUT2D eigenvalue weighted by Crippen LogP contribution is -2.31. The molecule has 1 heterocycles. The minimum Gasteiger partial charge on any atom is -0.356 e. The first-order chi connectivity index (χ1) is 8.56. The quantitative estimate of drug-likeness (QED) is 0.759. The molecule has 0 aliphatic carbocycles. The summed E-state index contributed by atoms with van der Waals surface area (Å²) in [7, 11) is 0. The Labute approximate surface area is 103 Å². The van der Waals surface area contributed by atoms with Crippen LogP contribution < -0.4 is 10.6 Å². The van der Waals surface area contributed by atoms with Gasteiger partial charge in [-0.2, -0.15) is 4.39 Å². The van der Waals surface area contributed by atoms with Crippen LogP contribution in [-0.2, 0) is 4.79 Å². The maximum Gasteiger partial charge on any atom is 0.254 e. The second-order valence-electron chi connectivity index (χ2n) is 3.42. The van der Waals surface area contributed by atoms with Gasteiger partial charge in [0, 0.05) is 25.7 Å². The number of aromatic nitrogens is 1. The predicted molar refractivity (Wildman–Crippen MR) is 59.8 cm³/mol. The largest absolute Gasteiger partial charge is 0.356 e. The number of halogens is 2. The fraction of sp³-hybridized carbons (Fsp3) is 0.364. The molecular weight excluding hydrogens is 244 g/mol. The fourth-order valence-electron chi connectivity index (χ4n) is 1.26.